The first kappa shape index (κ1) is 25.7. The van der Waals surface area contributed by atoms with Crippen molar-refractivity contribution in [3.05, 3.63) is 94.3 Å². The van der Waals surface area contributed by atoms with Gasteiger partial charge in [0.15, 0.2) is 0 Å². The highest BCUT2D eigenvalue weighted by molar-refractivity contribution is 6.09. The van der Waals surface area contributed by atoms with Crippen LogP contribution in [-0.4, -0.2) is 31.0 Å². The molecule has 2 heterocycles. The van der Waals surface area contributed by atoms with E-state index in [1.807, 2.05) is 69.3 Å². The number of rotatable bonds is 6. The molecule has 196 valence electrons. The number of hydrogen-bond acceptors (Lipinski definition) is 6. The van der Waals surface area contributed by atoms with E-state index in [4.69, 9.17) is 18.6 Å². The van der Waals surface area contributed by atoms with Crippen molar-refractivity contribution < 1.29 is 23.4 Å². The number of fused-ring (bicyclic) bond motifs is 1. The molecule has 2 atom stereocenters. The Balaban J connectivity index is 1.39. The number of amides is 1. The van der Waals surface area contributed by atoms with Crippen molar-refractivity contribution in [2.45, 2.75) is 51.6 Å². The summed E-state index contributed by atoms with van der Waals surface area (Å²) in [7, 11) is 1.69. The Bertz CT molecular complexity index is 1520. The van der Waals surface area contributed by atoms with Crippen LogP contribution < -0.4 is 15.7 Å². The number of hydrogen-bond donors (Lipinski definition) is 1. The van der Waals surface area contributed by atoms with Crippen molar-refractivity contribution in [1.29, 1.82) is 0 Å². The second-order valence-electron chi connectivity index (χ2n) is 9.99. The van der Waals surface area contributed by atoms with Crippen molar-refractivity contribution in [3.8, 4) is 16.9 Å². The molecule has 0 aliphatic carbocycles. The predicted octanol–water partition coefficient (Wildman–Crippen LogP) is 6.33. The van der Waals surface area contributed by atoms with Gasteiger partial charge in [-0.25, -0.2) is 4.79 Å². The molecule has 0 bridgehead atoms. The molecule has 7 heteroatoms. The molecule has 2 unspecified atom stereocenters. The van der Waals surface area contributed by atoms with Gasteiger partial charge >= 0.3 is 5.63 Å². The summed E-state index contributed by atoms with van der Waals surface area (Å²) in [5.74, 6) is 0.185. The van der Waals surface area contributed by atoms with E-state index in [1.54, 1.807) is 31.4 Å². The lowest BCUT2D eigenvalue weighted by Gasteiger charge is -2.41. The van der Waals surface area contributed by atoms with Crippen LogP contribution in [0.1, 0.15) is 42.6 Å². The molecular weight excluding hydrogens is 482 g/mol. The molecule has 7 nitrogen and oxygen atoms in total. The second-order valence-corrected chi connectivity index (χ2v) is 9.99. The topological polar surface area (TPSA) is 87.0 Å². The number of anilines is 1. The smallest absolute Gasteiger partial charge is 0.360 e. The van der Waals surface area contributed by atoms with Crippen molar-refractivity contribution in [3.63, 3.8) is 0 Å². The van der Waals surface area contributed by atoms with Crippen LogP contribution >= 0.6 is 0 Å². The van der Waals surface area contributed by atoms with Crippen molar-refractivity contribution in [1.82, 2.24) is 0 Å². The summed E-state index contributed by atoms with van der Waals surface area (Å²) in [6, 6.07) is 22.2. The average molecular weight is 514 g/mol. The number of ether oxygens (including phenoxy) is 3. The summed E-state index contributed by atoms with van der Waals surface area (Å²) in [5, 5.41) is 3.41. The fourth-order valence-corrected chi connectivity index (χ4v) is 5.00. The SMILES string of the molecule is COC1CCC(Oc2ccc3cc(NC(=O)c4ccccc4-c4ccccc4)c(=O)oc3c2C)OC1(C)C. The Morgan fingerprint density at radius 2 is 1.74 bits per heavy atom. The first-order chi connectivity index (χ1) is 18.3. The lowest BCUT2D eigenvalue weighted by atomic mass is 9.94. The van der Waals surface area contributed by atoms with Gasteiger partial charge in [0.25, 0.3) is 5.91 Å². The second kappa shape index (κ2) is 10.4. The average Bonchev–Trinajstić information content (AvgIpc) is 2.91. The lowest BCUT2D eigenvalue weighted by Crippen LogP contribution is -2.49. The van der Waals surface area contributed by atoms with E-state index in [0.29, 0.717) is 34.3 Å². The number of benzene rings is 3. The van der Waals surface area contributed by atoms with E-state index in [1.165, 1.54) is 0 Å². The van der Waals surface area contributed by atoms with E-state index in [2.05, 4.69) is 5.32 Å². The quantitative estimate of drug-likeness (QED) is 0.303. The van der Waals surface area contributed by atoms with Crippen LogP contribution in [0.4, 0.5) is 5.69 Å². The Labute approximate surface area is 221 Å². The van der Waals surface area contributed by atoms with Crippen LogP contribution in [0.2, 0.25) is 0 Å². The summed E-state index contributed by atoms with van der Waals surface area (Å²) in [4.78, 5) is 26.1. The maximum atomic E-state index is 13.2. The van der Waals surface area contributed by atoms with Crippen LogP contribution in [0, 0.1) is 6.92 Å². The van der Waals surface area contributed by atoms with E-state index < -0.39 is 17.5 Å². The highest BCUT2D eigenvalue weighted by atomic mass is 16.7. The molecule has 0 radical (unpaired) electrons. The van der Waals surface area contributed by atoms with E-state index >= 15 is 0 Å². The third kappa shape index (κ3) is 5.08. The summed E-state index contributed by atoms with van der Waals surface area (Å²) in [5.41, 5.74) is 2.18. The van der Waals surface area contributed by atoms with Crippen LogP contribution in [0.15, 0.2) is 82.0 Å². The van der Waals surface area contributed by atoms with Gasteiger partial charge < -0.3 is 23.9 Å². The first-order valence-electron chi connectivity index (χ1n) is 12.7. The van der Waals surface area contributed by atoms with Crippen LogP contribution in [0.3, 0.4) is 0 Å². The predicted molar refractivity (Wildman–Crippen MR) is 147 cm³/mol. The molecule has 3 aromatic carbocycles. The largest absolute Gasteiger partial charge is 0.465 e. The highest BCUT2D eigenvalue weighted by Crippen LogP contribution is 2.34. The molecule has 4 aromatic rings. The fourth-order valence-electron chi connectivity index (χ4n) is 5.00. The number of carbonyl (C=O) groups excluding carboxylic acids is 1. The highest BCUT2D eigenvalue weighted by Gasteiger charge is 2.39. The molecule has 1 aliphatic heterocycles. The van der Waals surface area contributed by atoms with Crippen LogP contribution in [0.25, 0.3) is 22.1 Å². The van der Waals surface area contributed by atoms with E-state index in [-0.39, 0.29) is 17.7 Å². The van der Waals surface area contributed by atoms with Gasteiger partial charge in [0.2, 0.25) is 6.29 Å². The zero-order valence-corrected chi connectivity index (χ0v) is 21.9. The minimum atomic E-state index is -0.638. The summed E-state index contributed by atoms with van der Waals surface area (Å²) < 4.78 is 23.5. The normalized spacial score (nSPS) is 18.7. The zero-order valence-electron chi connectivity index (χ0n) is 21.9. The molecule has 0 spiro atoms. The summed E-state index contributed by atoms with van der Waals surface area (Å²) in [6.07, 6.45) is 1.04. The minimum absolute atomic E-state index is 0.00800. The number of carbonyl (C=O) groups is 1. The standard InChI is InChI=1S/C31H31NO6/c1-19-25(36-27-17-16-26(35-4)31(2,3)38-27)15-14-21-18-24(30(34)37-28(19)21)32-29(33)23-13-9-8-12-22(23)20-10-6-5-7-11-20/h5-15,18,26-27H,16-17H2,1-4H3,(H,32,33). The van der Waals surface area contributed by atoms with Crippen molar-refractivity contribution in [2.75, 3.05) is 12.4 Å². The molecule has 1 aromatic heterocycles. The number of nitrogens with one attached hydrogen (secondary N) is 1. The van der Waals surface area contributed by atoms with Gasteiger partial charge in [-0.15, -0.1) is 0 Å². The third-order valence-electron chi connectivity index (χ3n) is 7.02. The molecule has 5 rings (SSSR count). The summed E-state index contributed by atoms with van der Waals surface area (Å²) in [6.45, 7) is 5.80. The Morgan fingerprint density at radius 1 is 1.00 bits per heavy atom. The van der Waals surface area contributed by atoms with Crippen LogP contribution in [-0.2, 0) is 9.47 Å². The number of methoxy groups -OCH3 is 1. The van der Waals surface area contributed by atoms with E-state index in [0.717, 1.165) is 17.5 Å². The molecule has 1 N–H and O–H groups in total. The fraction of sp³-hybridized carbons (Fsp3) is 0.290. The first-order valence-corrected chi connectivity index (χ1v) is 12.7. The number of aryl methyl sites for hydroxylation is 1. The minimum Gasteiger partial charge on any atom is -0.465 e. The maximum Gasteiger partial charge on any atom is 0.360 e. The maximum absolute atomic E-state index is 13.2. The molecule has 1 fully saturated rings. The molecule has 1 saturated heterocycles. The Morgan fingerprint density at radius 3 is 2.47 bits per heavy atom. The molecule has 38 heavy (non-hydrogen) atoms. The van der Waals surface area contributed by atoms with E-state index in [9.17, 15) is 9.59 Å². The van der Waals surface area contributed by atoms with Crippen molar-refractivity contribution >= 4 is 22.6 Å². The van der Waals surface area contributed by atoms with Gasteiger partial charge in [0, 0.05) is 30.0 Å². The Hall–Kier alpha value is -3.94. The zero-order chi connectivity index (χ0) is 26.9. The van der Waals surface area contributed by atoms with Gasteiger partial charge in [-0.3, -0.25) is 4.79 Å². The Kier molecular flexibility index (Phi) is 7.06. The van der Waals surface area contributed by atoms with Gasteiger partial charge in [-0.2, -0.15) is 0 Å². The molecular formula is C31H31NO6. The molecule has 1 aliphatic rings. The monoisotopic (exact) mass is 513 g/mol. The lowest BCUT2D eigenvalue weighted by molar-refractivity contribution is -0.233. The van der Waals surface area contributed by atoms with Gasteiger partial charge in [-0.1, -0.05) is 48.5 Å². The summed E-state index contributed by atoms with van der Waals surface area (Å²) >= 11 is 0. The molecule has 0 saturated carbocycles. The van der Waals surface area contributed by atoms with Gasteiger partial charge in [0.05, 0.1) is 11.7 Å². The third-order valence-corrected chi connectivity index (χ3v) is 7.02. The molecule has 1 amide bonds. The van der Waals surface area contributed by atoms with Gasteiger partial charge in [0.1, 0.15) is 17.0 Å². The van der Waals surface area contributed by atoms with Gasteiger partial charge in [-0.05, 0) is 62.6 Å². The van der Waals surface area contributed by atoms with Crippen LogP contribution in [0.5, 0.6) is 5.75 Å². The van der Waals surface area contributed by atoms with Crippen molar-refractivity contribution in [2.24, 2.45) is 0 Å².